The normalized spacial score (nSPS) is 28.9. The van der Waals surface area contributed by atoms with Gasteiger partial charge >= 0.3 is 0 Å². The first-order valence-electron chi connectivity index (χ1n) is 4.13. The van der Waals surface area contributed by atoms with Gasteiger partial charge in [0.25, 0.3) is 5.91 Å². The van der Waals surface area contributed by atoms with Crippen molar-refractivity contribution in [2.75, 3.05) is 0 Å². The van der Waals surface area contributed by atoms with E-state index >= 15 is 0 Å². The van der Waals surface area contributed by atoms with E-state index in [9.17, 15) is 4.79 Å². The zero-order valence-electron chi connectivity index (χ0n) is 7.26. The second-order valence-corrected chi connectivity index (χ2v) is 3.24. The quantitative estimate of drug-likeness (QED) is 0.565. The van der Waals surface area contributed by atoms with Crippen LogP contribution in [0.5, 0.6) is 0 Å². The monoisotopic (exact) mass is 153 g/mol. The third kappa shape index (κ3) is 1.17. The first-order valence-corrected chi connectivity index (χ1v) is 4.13. The summed E-state index contributed by atoms with van der Waals surface area (Å²) in [6.45, 7) is 7.69. The fourth-order valence-corrected chi connectivity index (χ4v) is 1.39. The van der Waals surface area contributed by atoms with E-state index in [0.29, 0.717) is 0 Å². The Hall–Kier alpha value is -0.790. The van der Waals surface area contributed by atoms with Crippen molar-refractivity contribution in [1.29, 1.82) is 0 Å². The van der Waals surface area contributed by atoms with Gasteiger partial charge in [-0.1, -0.05) is 26.3 Å². The Bertz CT molecular complexity index is 188. The van der Waals surface area contributed by atoms with Crippen molar-refractivity contribution >= 4 is 5.91 Å². The molecule has 1 amide bonds. The lowest BCUT2D eigenvalue weighted by Crippen LogP contribution is -2.10. The molecule has 0 saturated carbocycles. The lowest BCUT2D eigenvalue weighted by atomic mass is 10.0. The molecule has 0 bridgehead atoms. The molecule has 0 aromatic rings. The summed E-state index contributed by atoms with van der Waals surface area (Å²) in [4.78, 5) is 12.8. The minimum absolute atomic E-state index is 0.197. The predicted octanol–water partition coefficient (Wildman–Crippen LogP) is 1.92. The van der Waals surface area contributed by atoms with Crippen LogP contribution in [0.3, 0.4) is 0 Å². The molecule has 0 N–H and O–H groups in total. The van der Waals surface area contributed by atoms with Crippen LogP contribution in [0.1, 0.15) is 33.1 Å². The molecule has 1 aliphatic heterocycles. The highest BCUT2D eigenvalue weighted by molar-refractivity contribution is 6.02. The van der Waals surface area contributed by atoms with Crippen molar-refractivity contribution in [1.82, 2.24) is 4.90 Å². The number of hydrogen-bond donors (Lipinski definition) is 0. The van der Waals surface area contributed by atoms with Crippen LogP contribution in [0.15, 0.2) is 12.8 Å². The molecule has 1 unspecified atom stereocenters. The third-order valence-corrected chi connectivity index (χ3v) is 2.36. The number of carbonyl (C=O) groups is 1. The molecule has 1 aliphatic rings. The summed E-state index contributed by atoms with van der Waals surface area (Å²) >= 11 is 0. The van der Waals surface area contributed by atoms with E-state index in [4.69, 9.17) is 0 Å². The van der Waals surface area contributed by atoms with Crippen molar-refractivity contribution in [2.45, 2.75) is 38.6 Å². The van der Waals surface area contributed by atoms with Crippen molar-refractivity contribution in [3.63, 3.8) is 0 Å². The molecule has 1 atom stereocenters. The molecule has 0 aromatic heterocycles. The van der Waals surface area contributed by atoms with E-state index in [1.807, 2.05) is 6.92 Å². The zero-order valence-corrected chi connectivity index (χ0v) is 7.26. The van der Waals surface area contributed by atoms with Gasteiger partial charge in [-0.25, -0.2) is 0 Å². The maximum atomic E-state index is 11.1. The summed E-state index contributed by atoms with van der Waals surface area (Å²) in [5, 5.41) is 0. The smallest absolute Gasteiger partial charge is 0.253 e. The molecule has 0 aromatic carbocycles. The fourth-order valence-electron chi connectivity index (χ4n) is 1.39. The van der Waals surface area contributed by atoms with Crippen LogP contribution in [-0.2, 0) is 4.79 Å². The Morgan fingerprint density at radius 2 is 2.36 bits per heavy atom. The standard InChI is InChI=1S/C9H15NO/c1-4-6-7-9(3)8(11)10(9)5-2/h5H,2,4,6-7H2,1,3H3. The zero-order chi connectivity index (χ0) is 8.48. The Balaban J connectivity index is 2.45. The van der Waals surface area contributed by atoms with E-state index in [1.54, 1.807) is 11.1 Å². The maximum Gasteiger partial charge on any atom is 0.253 e. The minimum Gasteiger partial charge on any atom is -0.303 e. The number of hydrogen-bond acceptors (Lipinski definition) is 1. The highest BCUT2D eigenvalue weighted by atomic mass is 16.2. The van der Waals surface area contributed by atoms with Crippen molar-refractivity contribution < 1.29 is 4.79 Å². The average molecular weight is 153 g/mol. The summed E-state index contributed by atoms with van der Waals surface area (Å²) in [5.41, 5.74) is -0.197. The number of carbonyl (C=O) groups excluding carboxylic acids is 1. The van der Waals surface area contributed by atoms with E-state index in [-0.39, 0.29) is 11.4 Å². The Labute approximate surface area is 67.9 Å². The van der Waals surface area contributed by atoms with Gasteiger partial charge in [-0.15, -0.1) is 0 Å². The lowest BCUT2D eigenvalue weighted by Gasteiger charge is -2.04. The van der Waals surface area contributed by atoms with Gasteiger partial charge in [-0.2, -0.15) is 0 Å². The van der Waals surface area contributed by atoms with Gasteiger partial charge in [0.15, 0.2) is 0 Å². The second kappa shape index (κ2) is 2.68. The van der Waals surface area contributed by atoms with Crippen LogP contribution in [-0.4, -0.2) is 16.3 Å². The molecular formula is C9H15NO. The Morgan fingerprint density at radius 1 is 1.73 bits per heavy atom. The van der Waals surface area contributed by atoms with Gasteiger partial charge in [0.2, 0.25) is 0 Å². The minimum atomic E-state index is -0.197. The van der Waals surface area contributed by atoms with Crippen molar-refractivity contribution in [3.05, 3.63) is 12.8 Å². The third-order valence-electron chi connectivity index (χ3n) is 2.36. The molecular weight excluding hydrogens is 138 g/mol. The highest BCUT2D eigenvalue weighted by Gasteiger charge is 2.56. The van der Waals surface area contributed by atoms with Gasteiger partial charge in [-0.05, 0) is 13.3 Å². The molecule has 2 nitrogen and oxygen atoms in total. The van der Waals surface area contributed by atoms with E-state index in [0.717, 1.165) is 19.3 Å². The molecule has 1 fully saturated rings. The predicted molar refractivity (Wildman–Crippen MR) is 45.0 cm³/mol. The van der Waals surface area contributed by atoms with Crippen LogP contribution in [0.25, 0.3) is 0 Å². The molecule has 0 aliphatic carbocycles. The Morgan fingerprint density at radius 3 is 2.73 bits per heavy atom. The Kier molecular flexibility index (Phi) is 2.03. The van der Waals surface area contributed by atoms with Crippen LogP contribution in [0.2, 0.25) is 0 Å². The fraction of sp³-hybridized carbons (Fsp3) is 0.667. The highest BCUT2D eigenvalue weighted by Crippen LogP contribution is 2.38. The van der Waals surface area contributed by atoms with Crippen LogP contribution in [0.4, 0.5) is 0 Å². The maximum absolute atomic E-state index is 11.1. The first kappa shape index (κ1) is 8.31. The molecule has 62 valence electrons. The van der Waals surface area contributed by atoms with Gasteiger partial charge < -0.3 is 4.90 Å². The lowest BCUT2D eigenvalue weighted by molar-refractivity contribution is -0.113. The summed E-state index contributed by atoms with van der Waals surface area (Å²) in [6.07, 6.45) is 4.85. The summed E-state index contributed by atoms with van der Waals surface area (Å²) < 4.78 is 0. The SMILES string of the molecule is C=CN1C(=O)C1(C)CCCC. The van der Waals surface area contributed by atoms with E-state index in [2.05, 4.69) is 13.5 Å². The van der Waals surface area contributed by atoms with Crippen LogP contribution < -0.4 is 0 Å². The molecule has 1 heterocycles. The summed E-state index contributed by atoms with van der Waals surface area (Å²) in [6, 6.07) is 0. The van der Waals surface area contributed by atoms with Gasteiger partial charge in [0, 0.05) is 6.20 Å². The molecule has 2 heteroatoms. The molecule has 1 saturated heterocycles. The van der Waals surface area contributed by atoms with E-state index in [1.165, 1.54) is 0 Å². The molecule has 0 spiro atoms. The summed E-state index contributed by atoms with van der Waals surface area (Å²) in [5.74, 6) is 0.223. The molecule has 1 rings (SSSR count). The van der Waals surface area contributed by atoms with Crippen LogP contribution in [0, 0.1) is 0 Å². The molecule has 11 heavy (non-hydrogen) atoms. The van der Waals surface area contributed by atoms with Gasteiger partial charge in [-0.3, -0.25) is 4.79 Å². The van der Waals surface area contributed by atoms with Gasteiger partial charge in [0.1, 0.15) is 5.54 Å². The van der Waals surface area contributed by atoms with E-state index < -0.39 is 0 Å². The number of unbranched alkanes of at least 4 members (excludes halogenated alkanes) is 1. The summed E-state index contributed by atoms with van der Waals surface area (Å²) in [7, 11) is 0. The van der Waals surface area contributed by atoms with Crippen molar-refractivity contribution in [2.24, 2.45) is 0 Å². The number of amides is 1. The topological polar surface area (TPSA) is 20.1 Å². The average Bonchev–Trinajstić information content (AvgIpc) is 2.51. The second-order valence-electron chi connectivity index (χ2n) is 3.24. The van der Waals surface area contributed by atoms with Crippen molar-refractivity contribution in [3.8, 4) is 0 Å². The van der Waals surface area contributed by atoms with Crippen LogP contribution >= 0.6 is 0 Å². The number of rotatable bonds is 4. The largest absolute Gasteiger partial charge is 0.303 e. The molecule has 0 radical (unpaired) electrons. The first-order chi connectivity index (χ1) is 5.16. The number of nitrogens with zero attached hydrogens (tertiary/aromatic N) is 1. The van der Waals surface area contributed by atoms with Gasteiger partial charge in [0.05, 0.1) is 0 Å².